The maximum Gasteiger partial charge on any atom is 0.192 e. The van der Waals surface area contributed by atoms with Crippen LogP contribution in [0.25, 0.3) is 5.57 Å². The SMILES string of the molecule is CC1(C)OC[C@H](c2c[13cH]c3c(c2)C2=C[C@@H](O[Si](C)(C)C(C)(C)C)C[C@@]24O[C@@H]34)O1. The van der Waals surface area contributed by atoms with Gasteiger partial charge in [0.25, 0.3) is 0 Å². The van der Waals surface area contributed by atoms with Crippen molar-refractivity contribution in [3.8, 4) is 0 Å². The van der Waals surface area contributed by atoms with E-state index in [2.05, 4.69) is 58.1 Å². The Hall–Kier alpha value is -0.983. The first-order valence-electron chi connectivity index (χ1n) is 10.5. The summed E-state index contributed by atoms with van der Waals surface area (Å²) < 4.78 is 24.8. The van der Waals surface area contributed by atoms with Crippen LogP contribution in [0.4, 0.5) is 0 Å². The molecule has 1 spiro atoms. The van der Waals surface area contributed by atoms with E-state index in [0.717, 1.165) is 6.42 Å². The fourth-order valence-corrected chi connectivity index (χ4v) is 5.94. The summed E-state index contributed by atoms with van der Waals surface area (Å²) in [4.78, 5) is 0. The van der Waals surface area contributed by atoms with Gasteiger partial charge in [-0.05, 0) is 60.3 Å². The van der Waals surface area contributed by atoms with E-state index in [1.54, 1.807) is 0 Å². The molecule has 0 N–H and O–H groups in total. The Morgan fingerprint density at radius 2 is 1.89 bits per heavy atom. The molecule has 0 unspecified atom stereocenters. The Bertz CT molecular complexity index is 866. The van der Waals surface area contributed by atoms with Crippen molar-refractivity contribution in [1.82, 2.24) is 0 Å². The van der Waals surface area contributed by atoms with Crippen molar-refractivity contribution in [3.63, 3.8) is 0 Å². The van der Waals surface area contributed by atoms with Gasteiger partial charge in [0.1, 0.15) is 17.8 Å². The van der Waals surface area contributed by atoms with Crippen molar-refractivity contribution in [3.05, 3.63) is 41.0 Å². The molecule has 0 radical (unpaired) electrons. The summed E-state index contributed by atoms with van der Waals surface area (Å²) in [6.07, 6.45) is 3.64. The molecule has 0 saturated carbocycles. The lowest BCUT2D eigenvalue weighted by Crippen LogP contribution is -2.43. The predicted molar refractivity (Wildman–Crippen MR) is 112 cm³/mol. The van der Waals surface area contributed by atoms with Crippen LogP contribution in [0.1, 0.15) is 69.9 Å². The van der Waals surface area contributed by atoms with Crippen LogP contribution >= 0.6 is 0 Å². The number of benzene rings is 1. The van der Waals surface area contributed by atoms with Crippen molar-refractivity contribution in [2.45, 2.75) is 88.9 Å². The van der Waals surface area contributed by atoms with Crippen molar-refractivity contribution in [2.75, 3.05) is 6.61 Å². The van der Waals surface area contributed by atoms with Gasteiger partial charge in [-0.25, -0.2) is 0 Å². The Balaban J connectivity index is 1.43. The Morgan fingerprint density at radius 3 is 2.54 bits per heavy atom. The monoisotopic (exact) mass is 401 g/mol. The molecular weight excluding hydrogens is 369 g/mol. The van der Waals surface area contributed by atoms with Gasteiger partial charge >= 0.3 is 0 Å². The van der Waals surface area contributed by atoms with Crippen molar-refractivity contribution < 1.29 is 18.6 Å². The number of rotatable bonds is 3. The fraction of sp³-hybridized carbons (Fsp3) is 0.652. The highest BCUT2D eigenvalue weighted by Crippen LogP contribution is 2.69. The largest absolute Gasteiger partial charge is 0.410 e. The fourth-order valence-electron chi connectivity index (χ4n) is 4.68. The van der Waals surface area contributed by atoms with Crippen molar-refractivity contribution in [1.29, 1.82) is 0 Å². The topological polar surface area (TPSA) is 40.2 Å². The number of ether oxygens (including phenoxy) is 3. The molecule has 4 nitrogen and oxygen atoms in total. The molecule has 28 heavy (non-hydrogen) atoms. The quantitative estimate of drug-likeness (QED) is 0.494. The molecule has 0 aromatic heterocycles. The molecule has 1 aromatic rings. The number of epoxide rings is 1. The minimum absolute atomic E-state index is 0.00428. The van der Waals surface area contributed by atoms with Crippen LogP contribution in [0.3, 0.4) is 0 Å². The second-order valence-corrected chi connectivity index (χ2v) is 15.5. The van der Waals surface area contributed by atoms with Crippen LogP contribution in [0, 0.1) is 0 Å². The van der Waals surface area contributed by atoms with Crippen molar-refractivity contribution in [2.24, 2.45) is 0 Å². The van der Waals surface area contributed by atoms with E-state index >= 15 is 0 Å². The summed E-state index contributed by atoms with van der Waals surface area (Å²) in [5.74, 6) is -0.509. The molecule has 4 atom stereocenters. The van der Waals surface area contributed by atoms with Gasteiger partial charge in [0.15, 0.2) is 14.1 Å². The minimum atomic E-state index is -1.81. The van der Waals surface area contributed by atoms with Gasteiger partial charge in [0.2, 0.25) is 0 Å². The lowest BCUT2D eigenvalue weighted by atomic mass is 10.0. The standard InChI is InChI=1S/C23H32O4Si/c1-21(2,3)28(6,7)27-15-11-18-17-10-14(19-13-24-22(4,5)25-19)8-9-16(17)20-23(18,12-15)26-20/h8-11,15,19-20H,12-13H2,1-7H3/t15-,19-,20+,23-/m1/s1/i9+1. The van der Waals surface area contributed by atoms with Gasteiger partial charge in [-0.1, -0.05) is 39.0 Å². The highest BCUT2D eigenvalue weighted by Gasteiger charge is 2.68. The smallest absolute Gasteiger partial charge is 0.192 e. The summed E-state index contributed by atoms with van der Waals surface area (Å²) in [5.41, 5.74) is 5.02. The zero-order chi connectivity index (χ0) is 20.1. The number of hydrogen-bond acceptors (Lipinski definition) is 4. The van der Waals surface area contributed by atoms with Gasteiger partial charge in [0, 0.05) is 6.42 Å². The van der Waals surface area contributed by atoms with Gasteiger partial charge in [-0.15, -0.1) is 0 Å². The van der Waals surface area contributed by atoms with Crippen molar-refractivity contribution >= 4 is 13.9 Å². The van der Waals surface area contributed by atoms with E-state index in [9.17, 15) is 0 Å². The normalized spacial score (nSPS) is 35.4. The minimum Gasteiger partial charge on any atom is -0.410 e. The molecule has 2 fully saturated rings. The molecule has 2 aliphatic carbocycles. The third-order valence-electron chi connectivity index (χ3n) is 7.29. The second kappa shape index (κ2) is 5.58. The summed E-state index contributed by atoms with van der Waals surface area (Å²) in [5, 5.41) is 0.211. The molecule has 0 amide bonds. The first-order chi connectivity index (χ1) is 12.9. The van der Waals surface area contributed by atoms with Crippen LogP contribution in [0.2, 0.25) is 18.1 Å². The van der Waals surface area contributed by atoms with E-state index in [-0.39, 0.29) is 29.0 Å². The number of hydrogen-bond donors (Lipinski definition) is 0. The van der Waals surface area contributed by atoms with E-state index in [0.29, 0.717) is 6.61 Å². The van der Waals surface area contributed by atoms with Crippen LogP contribution in [-0.4, -0.2) is 32.4 Å². The van der Waals surface area contributed by atoms with Crippen LogP contribution < -0.4 is 0 Å². The highest BCUT2D eigenvalue weighted by molar-refractivity contribution is 6.74. The van der Waals surface area contributed by atoms with E-state index < -0.39 is 14.1 Å². The molecule has 152 valence electrons. The Kier molecular flexibility index (Phi) is 3.79. The summed E-state index contributed by atoms with van der Waals surface area (Å²) in [6, 6.07) is 6.69. The number of fused-ring (bicyclic) bond motifs is 3. The first kappa shape index (κ1) is 19.0. The summed E-state index contributed by atoms with van der Waals surface area (Å²) in [7, 11) is -1.81. The second-order valence-electron chi connectivity index (χ2n) is 10.8. The lowest BCUT2D eigenvalue weighted by molar-refractivity contribution is -0.139. The average molecular weight is 402 g/mol. The van der Waals surface area contributed by atoms with E-state index in [1.807, 2.05) is 13.8 Å². The van der Waals surface area contributed by atoms with Crippen LogP contribution in [-0.2, 0) is 18.6 Å². The molecule has 5 rings (SSSR count). The van der Waals surface area contributed by atoms with Gasteiger partial charge in [-0.3, -0.25) is 0 Å². The Labute approximate surface area is 169 Å². The zero-order valence-electron chi connectivity index (χ0n) is 18.1. The maximum atomic E-state index is 6.70. The van der Waals surface area contributed by atoms with Crippen LogP contribution in [0.15, 0.2) is 24.3 Å². The predicted octanol–water partition coefficient (Wildman–Crippen LogP) is 5.51. The third kappa shape index (κ3) is 2.71. The zero-order valence-corrected chi connectivity index (χ0v) is 19.1. The third-order valence-corrected chi connectivity index (χ3v) is 11.8. The average Bonchev–Trinajstić information content (AvgIpc) is 2.86. The molecule has 4 aliphatic rings. The van der Waals surface area contributed by atoms with Gasteiger partial charge in [-0.2, -0.15) is 0 Å². The van der Waals surface area contributed by atoms with Gasteiger partial charge in [0.05, 0.1) is 12.7 Å². The van der Waals surface area contributed by atoms with E-state index in [1.165, 1.54) is 22.3 Å². The maximum absolute atomic E-state index is 6.70. The Morgan fingerprint density at radius 1 is 1.14 bits per heavy atom. The molecule has 2 aliphatic heterocycles. The molecule has 2 saturated heterocycles. The molecule has 1 aromatic carbocycles. The van der Waals surface area contributed by atoms with Gasteiger partial charge < -0.3 is 18.6 Å². The van der Waals surface area contributed by atoms with E-state index in [4.69, 9.17) is 18.6 Å². The molecular formula is C23H32O4Si. The lowest BCUT2D eigenvalue weighted by Gasteiger charge is -2.38. The molecule has 0 bridgehead atoms. The summed E-state index contributed by atoms with van der Waals surface area (Å²) >= 11 is 0. The molecule has 5 heteroatoms. The highest BCUT2D eigenvalue weighted by atomic mass is 28.4. The summed E-state index contributed by atoms with van der Waals surface area (Å²) in [6.45, 7) is 16.1. The first-order valence-corrected chi connectivity index (χ1v) is 13.4. The molecule has 2 heterocycles. The van der Waals surface area contributed by atoms with Crippen LogP contribution in [0.5, 0.6) is 0 Å².